The third-order valence-electron chi connectivity index (χ3n) is 4.50. The van der Waals surface area contributed by atoms with Crippen molar-refractivity contribution in [3.8, 4) is 5.75 Å². The topological polar surface area (TPSA) is 59.4 Å². The number of nitrogens with one attached hydrogen (secondary N) is 1. The van der Waals surface area contributed by atoms with Crippen LogP contribution in [0, 0.1) is 0 Å². The average Bonchev–Trinajstić information content (AvgIpc) is 3.05. The van der Waals surface area contributed by atoms with Gasteiger partial charge in [-0.15, -0.1) is 0 Å². The zero-order chi connectivity index (χ0) is 15.6. The fourth-order valence-electron chi connectivity index (χ4n) is 3.27. The van der Waals surface area contributed by atoms with Gasteiger partial charge < -0.3 is 10.1 Å². The first kappa shape index (κ1) is 14.3. The molecular weight excluding hydrogens is 292 g/mol. The number of amides is 1. The second-order valence-electron chi connectivity index (χ2n) is 6.13. The van der Waals surface area contributed by atoms with Crippen LogP contribution in [-0.4, -0.2) is 46.8 Å². The van der Waals surface area contributed by atoms with Crippen LogP contribution < -0.4 is 10.1 Å². The highest BCUT2D eigenvalue weighted by atomic mass is 16.5. The Hall–Kier alpha value is -2.34. The van der Waals surface area contributed by atoms with Crippen molar-refractivity contribution in [2.24, 2.45) is 0 Å². The van der Waals surface area contributed by atoms with Gasteiger partial charge in [-0.25, -0.2) is 0 Å². The predicted molar refractivity (Wildman–Crippen MR) is 85.1 cm³/mol. The highest BCUT2D eigenvalue weighted by Gasteiger charge is 2.30. The molecule has 1 saturated heterocycles. The molecular formula is C17H20N4O2. The highest BCUT2D eigenvalue weighted by Crippen LogP contribution is 2.31. The van der Waals surface area contributed by atoms with Crippen LogP contribution in [0.2, 0.25) is 0 Å². The minimum atomic E-state index is 0.0515. The molecule has 4 rings (SSSR count). The van der Waals surface area contributed by atoms with E-state index in [0.717, 1.165) is 30.8 Å². The number of rotatable bonds is 4. The van der Waals surface area contributed by atoms with Gasteiger partial charge in [0.05, 0.1) is 25.2 Å². The van der Waals surface area contributed by atoms with E-state index in [9.17, 15) is 4.79 Å². The number of ether oxygens (including phenoxy) is 1. The smallest absolute Gasteiger partial charge is 0.234 e. The Kier molecular flexibility index (Phi) is 3.75. The fraction of sp³-hybridized carbons (Fsp3) is 0.412. The number of carbonyl (C=O) groups excluding carboxylic acids is 1. The second-order valence-corrected chi connectivity index (χ2v) is 6.13. The third-order valence-corrected chi connectivity index (χ3v) is 4.50. The summed E-state index contributed by atoms with van der Waals surface area (Å²) in [4.78, 5) is 14.4. The molecule has 2 aliphatic heterocycles. The molecule has 6 nitrogen and oxygen atoms in total. The largest absolute Gasteiger partial charge is 0.493 e. The lowest BCUT2D eigenvalue weighted by Crippen LogP contribution is -2.52. The van der Waals surface area contributed by atoms with Gasteiger partial charge in [0.2, 0.25) is 5.91 Å². The van der Waals surface area contributed by atoms with E-state index < -0.39 is 0 Å². The summed E-state index contributed by atoms with van der Waals surface area (Å²) in [6.45, 7) is 2.84. The van der Waals surface area contributed by atoms with Gasteiger partial charge in [0.15, 0.2) is 0 Å². The zero-order valence-electron chi connectivity index (χ0n) is 12.9. The normalized spacial score (nSPS) is 21.1. The van der Waals surface area contributed by atoms with Crippen molar-refractivity contribution < 1.29 is 9.53 Å². The molecule has 1 aromatic carbocycles. The van der Waals surface area contributed by atoms with Crippen LogP contribution in [0.25, 0.3) is 0 Å². The molecule has 23 heavy (non-hydrogen) atoms. The van der Waals surface area contributed by atoms with Gasteiger partial charge in [-0.1, -0.05) is 18.2 Å². The molecule has 1 fully saturated rings. The first-order valence-electron chi connectivity index (χ1n) is 8.02. The van der Waals surface area contributed by atoms with Crippen LogP contribution in [0.1, 0.15) is 24.1 Å². The predicted octanol–water partition coefficient (Wildman–Crippen LogP) is 1.38. The molecule has 0 spiro atoms. The monoisotopic (exact) mass is 312 g/mol. The minimum absolute atomic E-state index is 0.0515. The summed E-state index contributed by atoms with van der Waals surface area (Å²) >= 11 is 0. The van der Waals surface area contributed by atoms with E-state index in [2.05, 4.69) is 15.3 Å². The van der Waals surface area contributed by atoms with E-state index in [1.54, 1.807) is 6.20 Å². The Labute approximate surface area is 135 Å². The quantitative estimate of drug-likeness (QED) is 0.926. The van der Waals surface area contributed by atoms with Gasteiger partial charge in [0.25, 0.3) is 0 Å². The number of hydrogen-bond donors (Lipinski definition) is 1. The molecule has 1 aromatic heterocycles. The summed E-state index contributed by atoms with van der Waals surface area (Å²) in [5.74, 6) is 0.956. The molecule has 2 aliphatic rings. The lowest BCUT2D eigenvalue weighted by atomic mass is 10.0. The highest BCUT2D eigenvalue weighted by molar-refractivity contribution is 5.78. The number of hydrogen-bond acceptors (Lipinski definition) is 4. The van der Waals surface area contributed by atoms with Crippen LogP contribution in [0.5, 0.6) is 5.75 Å². The molecule has 120 valence electrons. The molecule has 1 N–H and O–H groups in total. The number of benzene rings is 1. The molecule has 0 unspecified atom stereocenters. The van der Waals surface area contributed by atoms with Crippen molar-refractivity contribution in [1.82, 2.24) is 20.0 Å². The number of nitrogens with zero attached hydrogens (tertiary/aromatic N) is 3. The van der Waals surface area contributed by atoms with Crippen LogP contribution in [0.4, 0.5) is 0 Å². The lowest BCUT2D eigenvalue weighted by molar-refractivity contribution is -0.124. The van der Waals surface area contributed by atoms with Gasteiger partial charge in [-0.2, -0.15) is 5.10 Å². The second kappa shape index (κ2) is 6.04. The zero-order valence-corrected chi connectivity index (χ0v) is 12.9. The molecule has 6 heteroatoms. The Balaban J connectivity index is 1.30. The summed E-state index contributed by atoms with van der Waals surface area (Å²) in [5.41, 5.74) is 1.07. The molecule has 0 bridgehead atoms. The first-order valence-corrected chi connectivity index (χ1v) is 8.02. The third kappa shape index (κ3) is 2.94. The maximum atomic E-state index is 12.3. The maximum Gasteiger partial charge on any atom is 0.234 e. The number of fused-ring (bicyclic) bond motifs is 1. The summed E-state index contributed by atoms with van der Waals surface area (Å²) < 4.78 is 7.59. The Morgan fingerprint density at radius 2 is 2.17 bits per heavy atom. The van der Waals surface area contributed by atoms with Crippen molar-refractivity contribution in [2.45, 2.75) is 18.5 Å². The molecule has 1 atom stereocenters. The van der Waals surface area contributed by atoms with E-state index >= 15 is 0 Å². The molecule has 0 aliphatic carbocycles. The van der Waals surface area contributed by atoms with Crippen molar-refractivity contribution in [3.63, 3.8) is 0 Å². The first-order chi connectivity index (χ1) is 11.3. The van der Waals surface area contributed by atoms with E-state index in [0.29, 0.717) is 19.2 Å². The van der Waals surface area contributed by atoms with Gasteiger partial charge in [0, 0.05) is 37.5 Å². The number of para-hydroxylation sites is 1. The lowest BCUT2D eigenvalue weighted by Gasteiger charge is -2.39. The van der Waals surface area contributed by atoms with Crippen molar-refractivity contribution in [1.29, 1.82) is 0 Å². The van der Waals surface area contributed by atoms with Crippen LogP contribution in [0.3, 0.4) is 0 Å². The summed E-state index contributed by atoms with van der Waals surface area (Å²) in [5, 5.41) is 7.39. The molecule has 1 amide bonds. The molecule has 0 saturated carbocycles. The minimum Gasteiger partial charge on any atom is -0.493 e. The van der Waals surface area contributed by atoms with E-state index in [4.69, 9.17) is 4.74 Å². The maximum absolute atomic E-state index is 12.3. The van der Waals surface area contributed by atoms with Crippen molar-refractivity contribution >= 4 is 5.91 Å². The van der Waals surface area contributed by atoms with Crippen LogP contribution in [0.15, 0.2) is 42.7 Å². The summed E-state index contributed by atoms with van der Waals surface area (Å²) in [7, 11) is 0. The van der Waals surface area contributed by atoms with E-state index in [1.165, 1.54) is 0 Å². The standard InChI is InChI=1S/C17H20N4O2/c22-17(12-20-10-13(11-20)21-8-3-7-18-21)19-15-6-9-23-16-5-2-1-4-14(15)16/h1-5,7-8,13,15H,6,9-12H2,(H,19,22)/t15-/m1/s1. The van der Waals surface area contributed by atoms with Crippen molar-refractivity contribution in [2.75, 3.05) is 26.2 Å². The summed E-state index contributed by atoms with van der Waals surface area (Å²) in [6, 6.07) is 10.3. The Morgan fingerprint density at radius 1 is 1.30 bits per heavy atom. The number of aromatic nitrogens is 2. The molecule has 0 radical (unpaired) electrons. The van der Waals surface area contributed by atoms with E-state index in [-0.39, 0.29) is 11.9 Å². The fourth-order valence-corrected chi connectivity index (χ4v) is 3.27. The number of likely N-dealkylation sites (tertiary alicyclic amines) is 1. The Bertz CT molecular complexity index is 680. The van der Waals surface area contributed by atoms with Crippen LogP contribution >= 0.6 is 0 Å². The van der Waals surface area contributed by atoms with Gasteiger partial charge in [-0.05, 0) is 12.1 Å². The average molecular weight is 312 g/mol. The number of carbonyl (C=O) groups is 1. The SMILES string of the molecule is O=C(CN1CC(n2cccn2)C1)N[C@@H]1CCOc2ccccc21. The van der Waals surface area contributed by atoms with Crippen molar-refractivity contribution in [3.05, 3.63) is 48.3 Å². The summed E-state index contributed by atoms with van der Waals surface area (Å²) in [6.07, 6.45) is 4.58. The van der Waals surface area contributed by atoms with Crippen LogP contribution in [-0.2, 0) is 4.79 Å². The van der Waals surface area contributed by atoms with Gasteiger partial charge >= 0.3 is 0 Å². The molecule has 3 heterocycles. The van der Waals surface area contributed by atoms with Gasteiger partial charge in [-0.3, -0.25) is 14.4 Å². The van der Waals surface area contributed by atoms with Gasteiger partial charge in [0.1, 0.15) is 5.75 Å². The van der Waals surface area contributed by atoms with E-state index in [1.807, 2.05) is 41.2 Å². The molecule has 2 aromatic rings. The Morgan fingerprint density at radius 3 is 3.00 bits per heavy atom.